The Bertz CT molecular complexity index is 825. The molecule has 3 atom stereocenters. The van der Waals surface area contributed by atoms with Crippen LogP contribution in [0.5, 0.6) is 0 Å². The second-order valence-corrected chi connectivity index (χ2v) is 11.6. The summed E-state index contributed by atoms with van der Waals surface area (Å²) in [6.07, 6.45) is 2.98. The number of likely N-dealkylation sites (tertiary alicyclic amines) is 1. The summed E-state index contributed by atoms with van der Waals surface area (Å²) in [5.74, 6) is -2.19. The number of carbonyl (C=O) groups excluding carboxylic acids is 5. The highest BCUT2D eigenvalue weighted by atomic mass is 16.6. The molecule has 1 aliphatic heterocycles. The van der Waals surface area contributed by atoms with Crippen LogP contribution in [0.25, 0.3) is 0 Å². The zero-order valence-electron chi connectivity index (χ0n) is 22.2. The van der Waals surface area contributed by atoms with E-state index >= 15 is 0 Å². The van der Waals surface area contributed by atoms with Crippen molar-refractivity contribution in [2.75, 3.05) is 6.54 Å². The highest BCUT2D eigenvalue weighted by molar-refractivity contribution is 6.38. The molecule has 1 heterocycles. The van der Waals surface area contributed by atoms with Crippen molar-refractivity contribution in [2.45, 2.75) is 117 Å². The van der Waals surface area contributed by atoms with Crippen molar-refractivity contribution in [3.8, 4) is 0 Å². The Kier molecular flexibility index (Phi) is 9.30. The van der Waals surface area contributed by atoms with E-state index in [1.54, 1.807) is 20.8 Å². The Morgan fingerprint density at radius 3 is 2.11 bits per heavy atom. The van der Waals surface area contributed by atoms with Gasteiger partial charge in [0.15, 0.2) is 0 Å². The molecule has 1 aliphatic carbocycles. The molecule has 0 aromatic heterocycles. The standard InChI is InChI=1S/C25H42N4O6/c1-8-10-16(18(30)21(32)26-15-12-13-15)27-20(31)17-11-9-14-29(17)22(33)19(24(2,3)4)28-23(34)35-25(5,6)7/h15-17,19H,8-14H2,1-7H3,(H,26,32)(H,27,31)(H,28,34)/t16?,17?,19-/m1/s1. The number of nitrogens with zero attached hydrogens (tertiary/aromatic N) is 1. The molecule has 0 bridgehead atoms. The first-order valence-electron chi connectivity index (χ1n) is 12.6. The molecule has 2 unspecified atom stereocenters. The number of ether oxygens (including phenoxy) is 1. The van der Waals surface area contributed by atoms with Crippen molar-refractivity contribution in [3.05, 3.63) is 0 Å². The van der Waals surface area contributed by atoms with Crippen LogP contribution in [0.15, 0.2) is 0 Å². The smallest absolute Gasteiger partial charge is 0.408 e. The molecule has 3 N–H and O–H groups in total. The minimum atomic E-state index is -0.942. The van der Waals surface area contributed by atoms with E-state index in [1.807, 2.05) is 27.7 Å². The predicted octanol–water partition coefficient (Wildman–Crippen LogP) is 2.05. The topological polar surface area (TPSA) is 134 Å². The fourth-order valence-corrected chi connectivity index (χ4v) is 4.01. The van der Waals surface area contributed by atoms with Crippen LogP contribution < -0.4 is 16.0 Å². The molecule has 10 heteroatoms. The molecule has 2 aliphatic rings. The van der Waals surface area contributed by atoms with Gasteiger partial charge < -0.3 is 25.6 Å². The summed E-state index contributed by atoms with van der Waals surface area (Å²) in [4.78, 5) is 65.5. The summed E-state index contributed by atoms with van der Waals surface area (Å²) >= 11 is 0. The fraction of sp³-hybridized carbons (Fsp3) is 0.800. The fourth-order valence-electron chi connectivity index (χ4n) is 4.01. The van der Waals surface area contributed by atoms with E-state index in [9.17, 15) is 24.0 Å². The van der Waals surface area contributed by atoms with Crippen molar-refractivity contribution in [3.63, 3.8) is 0 Å². The first-order valence-corrected chi connectivity index (χ1v) is 12.6. The maximum absolute atomic E-state index is 13.5. The van der Waals surface area contributed by atoms with Crippen molar-refractivity contribution in [1.82, 2.24) is 20.9 Å². The minimum absolute atomic E-state index is 0.0409. The maximum Gasteiger partial charge on any atom is 0.408 e. The van der Waals surface area contributed by atoms with E-state index in [-0.39, 0.29) is 11.9 Å². The predicted molar refractivity (Wildman–Crippen MR) is 130 cm³/mol. The average molecular weight is 495 g/mol. The van der Waals surface area contributed by atoms with Crippen molar-refractivity contribution in [1.29, 1.82) is 0 Å². The highest BCUT2D eigenvalue weighted by Gasteiger charge is 2.43. The molecule has 1 saturated heterocycles. The Morgan fingerprint density at radius 1 is 0.971 bits per heavy atom. The first-order chi connectivity index (χ1) is 16.1. The van der Waals surface area contributed by atoms with Gasteiger partial charge in [-0.25, -0.2) is 4.79 Å². The molecule has 2 fully saturated rings. The quantitative estimate of drug-likeness (QED) is 0.420. The SMILES string of the molecule is CCCC(NC(=O)C1CCCN1C(=O)[C@@H](NC(=O)OC(C)(C)C)C(C)(C)C)C(=O)C(=O)NC1CC1. The van der Waals surface area contributed by atoms with Gasteiger partial charge in [-0.3, -0.25) is 19.2 Å². The van der Waals surface area contributed by atoms with Gasteiger partial charge in [-0.2, -0.15) is 0 Å². The Morgan fingerprint density at radius 2 is 1.60 bits per heavy atom. The summed E-state index contributed by atoms with van der Waals surface area (Å²) in [5, 5.41) is 8.06. The molecular weight excluding hydrogens is 452 g/mol. The zero-order valence-corrected chi connectivity index (χ0v) is 22.2. The van der Waals surface area contributed by atoms with Gasteiger partial charge in [0.25, 0.3) is 5.91 Å². The molecule has 0 aromatic rings. The number of Topliss-reactive ketones (excluding diaryl/α,β-unsaturated/α-hetero) is 1. The number of hydrogen-bond donors (Lipinski definition) is 3. The summed E-state index contributed by atoms with van der Waals surface area (Å²) in [5.41, 5.74) is -1.36. The van der Waals surface area contributed by atoms with Gasteiger partial charge in [-0.1, -0.05) is 34.1 Å². The lowest BCUT2D eigenvalue weighted by molar-refractivity contribution is -0.144. The molecule has 2 rings (SSSR count). The Hall–Kier alpha value is -2.65. The summed E-state index contributed by atoms with van der Waals surface area (Å²) in [7, 11) is 0. The summed E-state index contributed by atoms with van der Waals surface area (Å²) in [6, 6.07) is -2.60. The van der Waals surface area contributed by atoms with E-state index in [4.69, 9.17) is 4.74 Å². The van der Waals surface area contributed by atoms with Crippen LogP contribution in [0.2, 0.25) is 0 Å². The van der Waals surface area contributed by atoms with Gasteiger partial charge in [-0.15, -0.1) is 0 Å². The van der Waals surface area contributed by atoms with Crippen molar-refractivity contribution < 1.29 is 28.7 Å². The van der Waals surface area contributed by atoms with E-state index < -0.39 is 52.8 Å². The summed E-state index contributed by atoms with van der Waals surface area (Å²) in [6.45, 7) is 12.9. The third kappa shape index (κ3) is 8.50. The van der Waals surface area contributed by atoms with Gasteiger partial charge >= 0.3 is 6.09 Å². The monoisotopic (exact) mass is 494 g/mol. The number of nitrogens with one attached hydrogen (secondary N) is 3. The Balaban J connectivity index is 2.12. The minimum Gasteiger partial charge on any atom is -0.444 e. The number of amides is 4. The number of ketones is 1. The van der Waals surface area contributed by atoms with Gasteiger partial charge in [0, 0.05) is 12.6 Å². The molecule has 10 nitrogen and oxygen atoms in total. The number of rotatable bonds is 9. The van der Waals surface area contributed by atoms with Crippen LogP contribution in [0.4, 0.5) is 4.79 Å². The van der Waals surface area contributed by atoms with E-state index in [0.29, 0.717) is 32.2 Å². The van der Waals surface area contributed by atoms with Crippen LogP contribution in [0, 0.1) is 5.41 Å². The van der Waals surface area contributed by atoms with Crippen LogP contribution in [0.3, 0.4) is 0 Å². The molecule has 0 spiro atoms. The normalized spacial score (nSPS) is 20.0. The van der Waals surface area contributed by atoms with Gasteiger partial charge in [0.2, 0.25) is 17.6 Å². The van der Waals surface area contributed by atoms with Gasteiger partial charge in [0.05, 0.1) is 6.04 Å². The molecular formula is C25H42N4O6. The Labute approximate surface area is 208 Å². The first kappa shape index (κ1) is 28.6. The lowest BCUT2D eigenvalue weighted by Crippen LogP contribution is -2.59. The molecule has 0 radical (unpaired) electrons. The molecule has 198 valence electrons. The second kappa shape index (κ2) is 11.4. The average Bonchev–Trinajstić information content (AvgIpc) is 3.39. The maximum atomic E-state index is 13.5. The molecule has 1 saturated carbocycles. The van der Waals surface area contributed by atoms with Crippen LogP contribution in [-0.2, 0) is 23.9 Å². The lowest BCUT2D eigenvalue weighted by atomic mass is 9.85. The number of hydrogen-bond acceptors (Lipinski definition) is 6. The van der Waals surface area contributed by atoms with Gasteiger partial charge in [-0.05, 0) is 58.3 Å². The van der Waals surface area contributed by atoms with E-state index in [1.165, 1.54) is 4.90 Å². The van der Waals surface area contributed by atoms with Crippen LogP contribution in [-0.4, -0.2) is 70.8 Å². The van der Waals surface area contributed by atoms with Crippen molar-refractivity contribution >= 4 is 29.6 Å². The number of alkyl carbamates (subject to hydrolysis) is 1. The zero-order chi connectivity index (χ0) is 26.6. The molecule has 4 amide bonds. The molecule has 35 heavy (non-hydrogen) atoms. The summed E-state index contributed by atoms with van der Waals surface area (Å²) < 4.78 is 5.34. The second-order valence-electron chi connectivity index (χ2n) is 11.6. The largest absolute Gasteiger partial charge is 0.444 e. The lowest BCUT2D eigenvalue weighted by Gasteiger charge is -2.36. The third-order valence-electron chi connectivity index (χ3n) is 5.96. The van der Waals surface area contributed by atoms with Gasteiger partial charge in [0.1, 0.15) is 17.7 Å². The number of carbonyl (C=O) groups is 5. The van der Waals surface area contributed by atoms with Crippen LogP contribution >= 0.6 is 0 Å². The van der Waals surface area contributed by atoms with E-state index in [0.717, 1.165) is 12.8 Å². The molecule has 0 aromatic carbocycles. The van der Waals surface area contributed by atoms with Crippen LogP contribution in [0.1, 0.15) is 87.0 Å². The third-order valence-corrected chi connectivity index (χ3v) is 5.96. The van der Waals surface area contributed by atoms with E-state index in [2.05, 4.69) is 16.0 Å². The van der Waals surface area contributed by atoms with Crippen molar-refractivity contribution in [2.24, 2.45) is 5.41 Å². The highest BCUT2D eigenvalue weighted by Crippen LogP contribution is 2.26.